The van der Waals surface area contributed by atoms with Crippen LogP contribution in [0.15, 0.2) is 42.6 Å². The number of pyridine rings is 1. The third kappa shape index (κ3) is 2.70. The summed E-state index contributed by atoms with van der Waals surface area (Å²) in [7, 11) is 0. The highest BCUT2D eigenvalue weighted by Gasteiger charge is 2.08. The molecule has 4 nitrogen and oxygen atoms in total. The van der Waals surface area contributed by atoms with Gasteiger partial charge in [0.05, 0.1) is 12.2 Å². The van der Waals surface area contributed by atoms with Crippen LogP contribution in [0.3, 0.4) is 0 Å². The maximum Gasteiger partial charge on any atom is 0.257 e. The highest BCUT2D eigenvalue weighted by molar-refractivity contribution is 6.04. The number of aliphatic hydroxyl groups excluding tert-OH is 1. The average Bonchev–Trinajstić information content (AvgIpc) is 2.40. The van der Waals surface area contributed by atoms with Crippen molar-refractivity contribution in [1.29, 1.82) is 0 Å². The van der Waals surface area contributed by atoms with Crippen LogP contribution in [0.2, 0.25) is 0 Å². The van der Waals surface area contributed by atoms with E-state index in [-0.39, 0.29) is 12.2 Å². The fourth-order valence-corrected chi connectivity index (χ4v) is 1.48. The van der Waals surface area contributed by atoms with E-state index in [2.05, 4.69) is 10.3 Å². The van der Waals surface area contributed by atoms with Gasteiger partial charge in [-0.15, -0.1) is 0 Å². The van der Waals surface area contributed by atoms with Crippen LogP contribution in [0, 0.1) is 5.95 Å². The van der Waals surface area contributed by atoms with Gasteiger partial charge in [-0.2, -0.15) is 4.39 Å². The molecule has 1 aromatic heterocycles. The second-order valence-electron chi connectivity index (χ2n) is 3.64. The van der Waals surface area contributed by atoms with Crippen LogP contribution in [0.5, 0.6) is 0 Å². The largest absolute Gasteiger partial charge is 0.392 e. The Balaban J connectivity index is 2.18. The molecule has 0 radical (unpaired) electrons. The van der Waals surface area contributed by atoms with Gasteiger partial charge in [0.25, 0.3) is 5.91 Å². The van der Waals surface area contributed by atoms with Crippen LogP contribution in [-0.4, -0.2) is 16.0 Å². The number of rotatable bonds is 3. The second-order valence-corrected chi connectivity index (χ2v) is 3.64. The summed E-state index contributed by atoms with van der Waals surface area (Å²) in [5, 5.41) is 11.8. The molecule has 92 valence electrons. The van der Waals surface area contributed by atoms with Gasteiger partial charge >= 0.3 is 0 Å². The molecule has 2 aromatic rings. The lowest BCUT2D eigenvalue weighted by Crippen LogP contribution is -2.13. The number of nitrogens with zero attached hydrogens (tertiary/aromatic N) is 1. The summed E-state index contributed by atoms with van der Waals surface area (Å²) in [6.07, 6.45) is 1.16. The Bertz CT molecular complexity index is 555. The van der Waals surface area contributed by atoms with Crippen LogP contribution in [-0.2, 0) is 6.61 Å². The third-order valence-electron chi connectivity index (χ3n) is 2.43. The van der Waals surface area contributed by atoms with Gasteiger partial charge in [-0.1, -0.05) is 18.2 Å². The average molecular weight is 246 g/mol. The highest BCUT2D eigenvalue weighted by Crippen LogP contribution is 2.15. The molecule has 0 spiro atoms. The Morgan fingerprint density at radius 1 is 1.28 bits per heavy atom. The van der Waals surface area contributed by atoms with Gasteiger partial charge < -0.3 is 10.4 Å². The molecule has 1 heterocycles. The van der Waals surface area contributed by atoms with Crippen LogP contribution in [0.1, 0.15) is 15.9 Å². The molecular weight excluding hydrogens is 235 g/mol. The quantitative estimate of drug-likeness (QED) is 0.814. The summed E-state index contributed by atoms with van der Waals surface area (Å²) in [4.78, 5) is 15.2. The number of carbonyl (C=O) groups excluding carboxylic acids is 1. The molecule has 1 aromatic carbocycles. The molecule has 0 saturated heterocycles. The Hall–Kier alpha value is -2.27. The lowest BCUT2D eigenvalue weighted by Gasteiger charge is -2.08. The van der Waals surface area contributed by atoms with Crippen LogP contribution < -0.4 is 5.32 Å². The van der Waals surface area contributed by atoms with E-state index in [0.29, 0.717) is 11.3 Å². The minimum Gasteiger partial charge on any atom is -0.392 e. The molecule has 2 N–H and O–H groups in total. The van der Waals surface area contributed by atoms with E-state index < -0.39 is 11.9 Å². The topological polar surface area (TPSA) is 62.2 Å². The summed E-state index contributed by atoms with van der Waals surface area (Å²) in [5.41, 5.74) is 1.39. The van der Waals surface area contributed by atoms with Gasteiger partial charge in [-0.05, 0) is 18.2 Å². The molecule has 0 aliphatic rings. The molecule has 18 heavy (non-hydrogen) atoms. The van der Waals surface area contributed by atoms with Gasteiger partial charge in [0.1, 0.15) is 0 Å². The van der Waals surface area contributed by atoms with Gasteiger partial charge in [-0.25, -0.2) is 4.98 Å². The smallest absolute Gasteiger partial charge is 0.257 e. The fourth-order valence-electron chi connectivity index (χ4n) is 1.48. The maximum atomic E-state index is 12.6. The number of hydrogen-bond acceptors (Lipinski definition) is 3. The van der Waals surface area contributed by atoms with Crippen molar-refractivity contribution < 1.29 is 14.3 Å². The van der Waals surface area contributed by atoms with E-state index in [0.717, 1.165) is 12.3 Å². The summed E-state index contributed by atoms with van der Waals surface area (Å²) in [5.74, 6) is -1.04. The molecular formula is C13H11FN2O2. The van der Waals surface area contributed by atoms with E-state index in [9.17, 15) is 9.18 Å². The first-order valence-corrected chi connectivity index (χ1v) is 5.32. The standard InChI is InChI=1S/C13H11FN2O2/c14-12-6-5-9(7-15-12)13(18)16-11-4-2-1-3-10(11)8-17/h1-7,17H,8H2,(H,16,18). The molecule has 0 unspecified atom stereocenters. The predicted octanol–water partition coefficient (Wildman–Crippen LogP) is 1.97. The van der Waals surface area contributed by atoms with Crippen LogP contribution >= 0.6 is 0 Å². The third-order valence-corrected chi connectivity index (χ3v) is 2.43. The van der Waals surface area contributed by atoms with Crippen molar-refractivity contribution in [1.82, 2.24) is 4.98 Å². The van der Waals surface area contributed by atoms with Crippen molar-refractivity contribution in [3.63, 3.8) is 0 Å². The first kappa shape index (κ1) is 12.2. The van der Waals surface area contributed by atoms with Gasteiger partial charge in [0, 0.05) is 17.4 Å². The highest BCUT2D eigenvalue weighted by atomic mass is 19.1. The number of anilines is 1. The molecule has 0 atom stereocenters. The molecule has 0 bridgehead atoms. The van der Waals surface area contributed by atoms with Crippen molar-refractivity contribution in [2.45, 2.75) is 6.61 Å². The first-order chi connectivity index (χ1) is 8.70. The van der Waals surface area contributed by atoms with E-state index in [1.807, 2.05) is 0 Å². The van der Waals surface area contributed by atoms with Crippen molar-refractivity contribution in [3.8, 4) is 0 Å². The summed E-state index contributed by atoms with van der Waals surface area (Å²) < 4.78 is 12.6. The number of nitrogens with one attached hydrogen (secondary N) is 1. The minimum atomic E-state index is -0.637. The lowest BCUT2D eigenvalue weighted by molar-refractivity contribution is 0.102. The Morgan fingerprint density at radius 3 is 2.72 bits per heavy atom. The number of hydrogen-bond donors (Lipinski definition) is 2. The summed E-state index contributed by atoms with van der Waals surface area (Å²) in [6.45, 7) is -0.169. The number of benzene rings is 1. The van der Waals surface area contributed by atoms with Gasteiger partial charge in [0.15, 0.2) is 0 Å². The molecule has 5 heteroatoms. The number of para-hydroxylation sites is 1. The van der Waals surface area contributed by atoms with Crippen molar-refractivity contribution in [3.05, 3.63) is 59.7 Å². The summed E-state index contributed by atoms with van der Waals surface area (Å²) in [6, 6.07) is 9.36. The Morgan fingerprint density at radius 2 is 2.06 bits per heavy atom. The van der Waals surface area contributed by atoms with E-state index in [1.165, 1.54) is 6.07 Å². The number of carbonyl (C=O) groups is 1. The van der Waals surface area contributed by atoms with Crippen molar-refractivity contribution in [2.24, 2.45) is 0 Å². The zero-order chi connectivity index (χ0) is 13.0. The van der Waals surface area contributed by atoms with E-state index >= 15 is 0 Å². The first-order valence-electron chi connectivity index (χ1n) is 5.32. The summed E-state index contributed by atoms with van der Waals surface area (Å²) >= 11 is 0. The van der Waals surface area contributed by atoms with Crippen molar-refractivity contribution in [2.75, 3.05) is 5.32 Å². The zero-order valence-corrected chi connectivity index (χ0v) is 9.43. The number of halogens is 1. The number of aromatic nitrogens is 1. The van der Waals surface area contributed by atoms with Crippen LogP contribution in [0.25, 0.3) is 0 Å². The molecule has 1 amide bonds. The van der Waals surface area contributed by atoms with Crippen molar-refractivity contribution >= 4 is 11.6 Å². The Kier molecular flexibility index (Phi) is 3.64. The zero-order valence-electron chi connectivity index (χ0n) is 9.43. The molecule has 0 fully saturated rings. The lowest BCUT2D eigenvalue weighted by atomic mass is 10.1. The van der Waals surface area contributed by atoms with Crippen LogP contribution in [0.4, 0.5) is 10.1 Å². The molecule has 0 saturated carbocycles. The minimum absolute atomic E-state index is 0.169. The fraction of sp³-hybridized carbons (Fsp3) is 0.0769. The maximum absolute atomic E-state index is 12.6. The predicted molar refractivity (Wildman–Crippen MR) is 64.5 cm³/mol. The number of amides is 1. The molecule has 0 aliphatic heterocycles. The van der Waals surface area contributed by atoms with Gasteiger partial charge in [-0.3, -0.25) is 4.79 Å². The number of aliphatic hydroxyl groups is 1. The van der Waals surface area contributed by atoms with E-state index in [4.69, 9.17) is 5.11 Å². The SMILES string of the molecule is O=C(Nc1ccccc1CO)c1ccc(F)nc1. The Labute approximate surface area is 103 Å². The second kappa shape index (κ2) is 5.37. The molecule has 2 rings (SSSR count). The van der Waals surface area contributed by atoms with E-state index in [1.54, 1.807) is 24.3 Å². The van der Waals surface area contributed by atoms with Gasteiger partial charge in [0.2, 0.25) is 5.95 Å². The normalized spacial score (nSPS) is 10.1. The molecule has 0 aliphatic carbocycles. The monoisotopic (exact) mass is 246 g/mol.